The first kappa shape index (κ1) is 31.6. The van der Waals surface area contributed by atoms with Crippen LogP contribution in [-0.2, 0) is 11.3 Å². The van der Waals surface area contributed by atoms with Gasteiger partial charge in [0.25, 0.3) is 5.91 Å². The van der Waals surface area contributed by atoms with Crippen molar-refractivity contribution < 1.29 is 19.1 Å². The van der Waals surface area contributed by atoms with Crippen LogP contribution in [0.15, 0.2) is 72.8 Å². The van der Waals surface area contributed by atoms with Gasteiger partial charge in [0, 0.05) is 62.0 Å². The molecule has 1 atom stereocenters. The first-order valence-corrected chi connectivity index (χ1v) is 16.2. The van der Waals surface area contributed by atoms with E-state index in [0.29, 0.717) is 22.2 Å². The highest BCUT2D eigenvalue weighted by molar-refractivity contribution is 6.09. The average molecular weight is 625 g/mol. The molecular formula is C36H44N6O4. The molecule has 0 radical (unpaired) electrons. The normalized spacial score (nSPS) is 18.0. The Morgan fingerprint density at radius 2 is 1.67 bits per heavy atom. The van der Waals surface area contributed by atoms with Gasteiger partial charge < -0.3 is 24.6 Å². The first-order valence-electron chi connectivity index (χ1n) is 16.2. The second-order valence-electron chi connectivity index (χ2n) is 13.3. The lowest BCUT2D eigenvalue weighted by Gasteiger charge is -2.34. The van der Waals surface area contributed by atoms with Gasteiger partial charge in [-0.05, 0) is 89.2 Å². The predicted octanol–water partition coefficient (Wildman–Crippen LogP) is 5.87. The van der Waals surface area contributed by atoms with E-state index in [2.05, 4.69) is 56.4 Å². The summed E-state index contributed by atoms with van der Waals surface area (Å²) in [6.07, 6.45) is 1.38. The molecule has 6 rings (SSSR count). The maximum atomic E-state index is 13.4. The average Bonchev–Trinajstić information content (AvgIpc) is 3.39. The van der Waals surface area contributed by atoms with Crippen LogP contribution < -0.4 is 15.0 Å². The molecule has 1 unspecified atom stereocenters. The van der Waals surface area contributed by atoms with Crippen molar-refractivity contribution in [3.8, 4) is 5.75 Å². The summed E-state index contributed by atoms with van der Waals surface area (Å²) in [5, 5.41) is 8.07. The zero-order chi connectivity index (χ0) is 32.3. The molecule has 10 heteroatoms. The Bertz CT molecular complexity index is 1660. The Morgan fingerprint density at radius 1 is 0.935 bits per heavy atom. The van der Waals surface area contributed by atoms with E-state index in [4.69, 9.17) is 9.47 Å². The molecule has 2 aliphatic rings. The predicted molar refractivity (Wildman–Crippen MR) is 181 cm³/mol. The third-order valence-corrected chi connectivity index (χ3v) is 8.46. The van der Waals surface area contributed by atoms with E-state index in [9.17, 15) is 9.59 Å². The molecule has 242 valence electrons. The van der Waals surface area contributed by atoms with E-state index < -0.39 is 11.7 Å². The second-order valence-corrected chi connectivity index (χ2v) is 13.3. The van der Waals surface area contributed by atoms with E-state index in [1.807, 2.05) is 69.3 Å². The number of piperidine rings is 1. The summed E-state index contributed by atoms with van der Waals surface area (Å²) in [4.78, 5) is 33.7. The first-order chi connectivity index (χ1) is 22.1. The number of carbonyl (C=O) groups is 2. The maximum absolute atomic E-state index is 13.4. The number of hydrogen-bond acceptors (Lipinski definition) is 8. The van der Waals surface area contributed by atoms with Crippen molar-refractivity contribution in [2.24, 2.45) is 0 Å². The Balaban J connectivity index is 1.20. The highest BCUT2D eigenvalue weighted by Crippen LogP contribution is 2.30. The monoisotopic (exact) mass is 624 g/mol. The standard InChI is InChI=1S/C36H44N6O4/c1-36(2,3)46-35(44)42-32-23-29(45-30-11-8-18-40(25-30)24-26-9-6-5-7-10-26)16-17-31(32)33(38-42)37-34(43)27-12-14-28(15-13-27)41-21-19-39(4)20-22-41/h5-7,9-10,12-17,23,30H,8,11,18-22,24-25H2,1-4H3,(H,37,38,43). The molecule has 1 aromatic heterocycles. The number of hydrogen-bond donors (Lipinski definition) is 1. The van der Waals surface area contributed by atoms with Crippen LogP contribution in [0.2, 0.25) is 0 Å². The lowest BCUT2D eigenvalue weighted by Crippen LogP contribution is -2.44. The van der Waals surface area contributed by atoms with Crippen molar-refractivity contribution in [3.63, 3.8) is 0 Å². The highest BCUT2D eigenvalue weighted by atomic mass is 16.6. The fraction of sp³-hybridized carbons (Fsp3) is 0.417. The molecule has 3 heterocycles. The number of nitrogens with zero attached hydrogens (tertiary/aromatic N) is 5. The van der Waals surface area contributed by atoms with Gasteiger partial charge in [0.15, 0.2) is 5.82 Å². The maximum Gasteiger partial charge on any atom is 0.435 e. The van der Waals surface area contributed by atoms with E-state index in [1.54, 1.807) is 0 Å². The van der Waals surface area contributed by atoms with Crippen molar-refractivity contribution in [1.82, 2.24) is 19.6 Å². The van der Waals surface area contributed by atoms with Crippen molar-refractivity contribution in [3.05, 3.63) is 83.9 Å². The van der Waals surface area contributed by atoms with Crippen molar-refractivity contribution in [2.75, 3.05) is 56.5 Å². The van der Waals surface area contributed by atoms with Gasteiger partial charge in [-0.25, -0.2) is 4.79 Å². The summed E-state index contributed by atoms with van der Waals surface area (Å²) in [7, 11) is 2.13. The third-order valence-electron chi connectivity index (χ3n) is 8.46. The number of anilines is 2. The molecule has 3 aromatic carbocycles. The third kappa shape index (κ3) is 7.68. The zero-order valence-corrected chi connectivity index (χ0v) is 27.2. The van der Waals surface area contributed by atoms with E-state index in [-0.39, 0.29) is 17.8 Å². The fourth-order valence-corrected chi connectivity index (χ4v) is 6.06. The number of likely N-dealkylation sites (N-methyl/N-ethyl adjacent to an activating group) is 1. The molecule has 2 fully saturated rings. The van der Waals surface area contributed by atoms with Gasteiger partial charge in [0.1, 0.15) is 17.5 Å². The lowest BCUT2D eigenvalue weighted by molar-refractivity contribution is 0.0522. The number of amides is 1. The number of benzene rings is 3. The largest absolute Gasteiger partial charge is 0.489 e. The van der Waals surface area contributed by atoms with Crippen molar-refractivity contribution >= 4 is 34.4 Å². The van der Waals surface area contributed by atoms with Crippen molar-refractivity contribution in [1.29, 1.82) is 0 Å². The number of carbonyl (C=O) groups excluding carboxylic acids is 2. The molecule has 0 bridgehead atoms. The van der Waals surface area contributed by atoms with Gasteiger partial charge in [-0.3, -0.25) is 9.69 Å². The quantitative estimate of drug-likeness (QED) is 0.273. The Labute approximate surface area is 270 Å². The molecule has 0 spiro atoms. The number of fused-ring (bicyclic) bond motifs is 1. The summed E-state index contributed by atoms with van der Waals surface area (Å²) >= 11 is 0. The molecular weight excluding hydrogens is 580 g/mol. The van der Waals surface area contributed by atoms with Gasteiger partial charge >= 0.3 is 6.09 Å². The minimum absolute atomic E-state index is 0.0146. The molecule has 46 heavy (non-hydrogen) atoms. The number of likely N-dealkylation sites (tertiary alicyclic amines) is 1. The van der Waals surface area contributed by atoms with Crippen molar-refractivity contribution in [2.45, 2.75) is 51.9 Å². The number of rotatable bonds is 7. The van der Waals surface area contributed by atoms with Gasteiger partial charge in [-0.1, -0.05) is 30.3 Å². The topological polar surface area (TPSA) is 92.2 Å². The second kappa shape index (κ2) is 13.5. The van der Waals surface area contributed by atoms with Crippen LogP contribution in [0.3, 0.4) is 0 Å². The number of piperazine rings is 1. The Kier molecular flexibility index (Phi) is 9.28. The summed E-state index contributed by atoms with van der Waals surface area (Å²) in [5.74, 6) is 0.620. The molecule has 2 saturated heterocycles. The van der Waals surface area contributed by atoms with E-state index in [1.165, 1.54) is 10.2 Å². The number of aromatic nitrogens is 2. The van der Waals surface area contributed by atoms with Crippen LogP contribution in [0.1, 0.15) is 49.5 Å². The molecule has 0 aliphatic carbocycles. The van der Waals surface area contributed by atoms with Crippen LogP contribution in [0.25, 0.3) is 10.9 Å². The number of ether oxygens (including phenoxy) is 2. The molecule has 4 aromatic rings. The van der Waals surface area contributed by atoms with E-state index >= 15 is 0 Å². The fourth-order valence-electron chi connectivity index (χ4n) is 6.06. The molecule has 2 aliphatic heterocycles. The SMILES string of the molecule is CN1CCN(c2ccc(C(=O)Nc3nn(C(=O)OC(C)(C)C)c4cc(OC5CCCN(Cc6ccccc6)C5)ccc34)cc2)CC1. The number of nitrogens with one attached hydrogen (secondary N) is 1. The van der Waals surface area contributed by atoms with Gasteiger partial charge in [0.2, 0.25) is 0 Å². The van der Waals surface area contributed by atoms with Crippen LogP contribution >= 0.6 is 0 Å². The minimum atomic E-state index is -0.720. The van der Waals surface area contributed by atoms with Crippen LogP contribution in [0.5, 0.6) is 5.75 Å². The summed E-state index contributed by atoms with van der Waals surface area (Å²) in [6.45, 7) is 12.1. The summed E-state index contributed by atoms with van der Waals surface area (Å²) < 4.78 is 13.3. The van der Waals surface area contributed by atoms with Gasteiger partial charge in [-0.15, -0.1) is 5.10 Å². The Morgan fingerprint density at radius 3 is 2.39 bits per heavy atom. The molecule has 1 amide bonds. The molecule has 1 N–H and O–H groups in total. The zero-order valence-electron chi connectivity index (χ0n) is 27.2. The van der Waals surface area contributed by atoms with Crippen LogP contribution in [0, 0.1) is 0 Å². The summed E-state index contributed by atoms with van der Waals surface area (Å²) in [6, 6.07) is 23.6. The molecule has 0 saturated carbocycles. The highest BCUT2D eigenvalue weighted by Gasteiger charge is 2.26. The lowest BCUT2D eigenvalue weighted by atomic mass is 10.1. The van der Waals surface area contributed by atoms with E-state index in [0.717, 1.165) is 64.3 Å². The van der Waals surface area contributed by atoms with Crippen LogP contribution in [-0.4, -0.2) is 89.6 Å². The van der Waals surface area contributed by atoms with Gasteiger partial charge in [-0.2, -0.15) is 4.68 Å². The van der Waals surface area contributed by atoms with Gasteiger partial charge in [0.05, 0.1) is 5.52 Å². The minimum Gasteiger partial charge on any atom is -0.489 e. The smallest absolute Gasteiger partial charge is 0.435 e. The van der Waals surface area contributed by atoms with Crippen LogP contribution in [0.4, 0.5) is 16.3 Å². The molecule has 10 nitrogen and oxygen atoms in total. The summed E-state index contributed by atoms with van der Waals surface area (Å²) in [5.41, 5.74) is 2.67. The Hall–Kier alpha value is -4.41.